The molecular weight excluding hydrogens is 308 g/mol. The van der Waals surface area contributed by atoms with Crippen LogP contribution in [0.2, 0.25) is 0 Å². The Labute approximate surface area is 112 Å². The third kappa shape index (κ3) is 2.40. The van der Waals surface area contributed by atoms with Crippen LogP contribution in [0.5, 0.6) is 17.2 Å². The predicted octanol–water partition coefficient (Wildman–Crippen LogP) is 1.74. The van der Waals surface area contributed by atoms with Crippen molar-refractivity contribution in [2.24, 2.45) is 0 Å². The normalized spacial score (nSPS) is 9.78. The first-order valence-corrected chi connectivity index (χ1v) is 5.53. The van der Waals surface area contributed by atoms with Gasteiger partial charge in [-0.15, -0.1) is 0 Å². The fourth-order valence-corrected chi connectivity index (χ4v) is 2.14. The van der Waals surface area contributed by atoms with Crippen LogP contribution in [0.1, 0.15) is 10.4 Å². The van der Waals surface area contributed by atoms with Gasteiger partial charge in [0.15, 0.2) is 11.5 Å². The molecule has 98 valence electrons. The molecule has 1 rings (SSSR count). The smallest absolute Gasteiger partial charge is 0.377 e. The topological polar surface area (TPSA) is 82.1 Å². The molecule has 0 radical (unpaired) electrons. The second kappa shape index (κ2) is 5.72. The zero-order valence-corrected chi connectivity index (χ0v) is 11.5. The summed E-state index contributed by atoms with van der Waals surface area (Å²) >= 11 is 3.12. The lowest BCUT2D eigenvalue weighted by molar-refractivity contribution is -0.131. The maximum absolute atomic E-state index is 11.6. The molecular formula is C11H11BrO6. The molecule has 6 nitrogen and oxygen atoms in total. The summed E-state index contributed by atoms with van der Waals surface area (Å²) in [6.45, 7) is 0. The lowest BCUT2D eigenvalue weighted by atomic mass is 10.1. The van der Waals surface area contributed by atoms with Crippen LogP contribution >= 0.6 is 15.9 Å². The maximum atomic E-state index is 11.6. The number of hydrogen-bond donors (Lipinski definition) is 1. The van der Waals surface area contributed by atoms with E-state index in [1.807, 2.05) is 0 Å². The molecule has 0 amide bonds. The highest BCUT2D eigenvalue weighted by atomic mass is 79.9. The van der Waals surface area contributed by atoms with Crippen molar-refractivity contribution < 1.29 is 28.9 Å². The number of ether oxygens (including phenoxy) is 3. The van der Waals surface area contributed by atoms with Gasteiger partial charge in [-0.3, -0.25) is 4.79 Å². The number of hydrogen-bond acceptors (Lipinski definition) is 5. The second-order valence-electron chi connectivity index (χ2n) is 3.14. The van der Waals surface area contributed by atoms with E-state index in [-0.39, 0.29) is 21.5 Å². The first kappa shape index (κ1) is 14.3. The summed E-state index contributed by atoms with van der Waals surface area (Å²) in [5.41, 5.74) is -0.123. The van der Waals surface area contributed by atoms with E-state index >= 15 is 0 Å². The summed E-state index contributed by atoms with van der Waals surface area (Å²) < 4.78 is 15.3. The lowest BCUT2D eigenvalue weighted by Gasteiger charge is -2.15. The van der Waals surface area contributed by atoms with E-state index in [9.17, 15) is 9.59 Å². The molecule has 0 aliphatic carbocycles. The van der Waals surface area contributed by atoms with Gasteiger partial charge < -0.3 is 19.3 Å². The first-order chi connectivity index (χ1) is 8.47. The molecule has 7 heteroatoms. The Balaban J connectivity index is 3.59. The molecule has 0 saturated heterocycles. The lowest BCUT2D eigenvalue weighted by Crippen LogP contribution is -2.15. The van der Waals surface area contributed by atoms with Gasteiger partial charge in [-0.25, -0.2) is 4.79 Å². The van der Waals surface area contributed by atoms with Crippen LogP contribution in [0.25, 0.3) is 0 Å². The van der Waals surface area contributed by atoms with Crippen LogP contribution in [-0.2, 0) is 4.79 Å². The van der Waals surface area contributed by atoms with Crippen molar-refractivity contribution in [1.82, 2.24) is 0 Å². The highest BCUT2D eigenvalue weighted by Crippen LogP contribution is 2.43. The van der Waals surface area contributed by atoms with Gasteiger partial charge in [0.1, 0.15) is 5.75 Å². The number of aliphatic carboxylic acids is 1. The summed E-state index contributed by atoms with van der Waals surface area (Å²) in [7, 11) is 4.12. The van der Waals surface area contributed by atoms with E-state index in [4.69, 9.17) is 19.3 Å². The van der Waals surface area contributed by atoms with E-state index in [0.717, 1.165) is 0 Å². The third-order valence-corrected chi connectivity index (χ3v) is 2.97. The molecule has 0 saturated carbocycles. The molecule has 18 heavy (non-hydrogen) atoms. The molecule has 1 aromatic carbocycles. The summed E-state index contributed by atoms with van der Waals surface area (Å²) in [6, 6.07) is 1.39. The number of halogens is 1. The number of rotatable bonds is 5. The van der Waals surface area contributed by atoms with Crippen LogP contribution < -0.4 is 14.2 Å². The Bertz CT molecular complexity index is 497. The number of carboxylic acid groups (broad SMARTS) is 1. The minimum atomic E-state index is -1.58. The van der Waals surface area contributed by atoms with Gasteiger partial charge >= 0.3 is 5.97 Å². The third-order valence-electron chi connectivity index (χ3n) is 2.22. The van der Waals surface area contributed by atoms with Crippen molar-refractivity contribution >= 4 is 27.7 Å². The highest BCUT2D eigenvalue weighted by Gasteiger charge is 2.27. The Hall–Kier alpha value is -1.76. The van der Waals surface area contributed by atoms with Gasteiger partial charge in [-0.2, -0.15) is 0 Å². The number of carbonyl (C=O) groups is 2. The molecule has 1 aromatic rings. The number of carbonyl (C=O) groups excluding carboxylic acids is 1. The fraction of sp³-hybridized carbons (Fsp3) is 0.273. The highest BCUT2D eigenvalue weighted by molar-refractivity contribution is 9.10. The van der Waals surface area contributed by atoms with E-state index in [1.54, 1.807) is 0 Å². The summed E-state index contributed by atoms with van der Waals surface area (Å²) in [6.07, 6.45) is 0. The summed E-state index contributed by atoms with van der Waals surface area (Å²) in [5.74, 6) is -2.04. The number of benzene rings is 1. The van der Waals surface area contributed by atoms with Crippen LogP contribution in [0, 0.1) is 0 Å². The van der Waals surface area contributed by atoms with Gasteiger partial charge in [0, 0.05) is 6.07 Å². The van der Waals surface area contributed by atoms with Gasteiger partial charge in [-0.05, 0) is 15.9 Å². The Morgan fingerprint density at radius 3 is 2.06 bits per heavy atom. The van der Waals surface area contributed by atoms with Crippen molar-refractivity contribution in [3.05, 3.63) is 16.1 Å². The molecule has 0 fully saturated rings. The Morgan fingerprint density at radius 1 is 1.11 bits per heavy atom. The minimum absolute atomic E-state index is 0.0897. The van der Waals surface area contributed by atoms with Gasteiger partial charge in [0.2, 0.25) is 0 Å². The number of ketones is 1. The summed E-state index contributed by atoms with van der Waals surface area (Å²) in [4.78, 5) is 22.4. The molecule has 0 unspecified atom stereocenters. The predicted molar refractivity (Wildman–Crippen MR) is 65.8 cm³/mol. The first-order valence-electron chi connectivity index (χ1n) is 4.74. The van der Waals surface area contributed by atoms with Crippen LogP contribution in [0.3, 0.4) is 0 Å². The molecule has 0 aromatic heterocycles. The van der Waals surface area contributed by atoms with Gasteiger partial charge in [0.05, 0.1) is 31.4 Å². The second-order valence-corrected chi connectivity index (χ2v) is 3.93. The molecule has 0 spiro atoms. The molecule has 0 bridgehead atoms. The molecule has 0 heterocycles. The SMILES string of the molecule is COc1cc(OC)c(C(=O)C(=O)O)c(Br)c1OC. The monoisotopic (exact) mass is 318 g/mol. The minimum Gasteiger partial charge on any atom is -0.496 e. The molecule has 0 aliphatic rings. The molecule has 0 aliphatic heterocycles. The van der Waals surface area contributed by atoms with E-state index in [1.165, 1.54) is 27.4 Å². The standard InChI is InChI=1S/C11H11BrO6/c1-16-5-4-6(17-2)10(18-3)8(12)7(5)9(13)11(14)15/h4H,1-3H3,(H,14,15). The zero-order valence-electron chi connectivity index (χ0n) is 9.94. The van der Waals surface area contributed by atoms with Crippen molar-refractivity contribution in [3.8, 4) is 17.2 Å². The van der Waals surface area contributed by atoms with E-state index in [0.29, 0.717) is 5.75 Å². The largest absolute Gasteiger partial charge is 0.496 e. The quantitative estimate of drug-likeness (QED) is 0.658. The van der Waals surface area contributed by atoms with Crippen molar-refractivity contribution in [2.75, 3.05) is 21.3 Å². The van der Waals surface area contributed by atoms with Gasteiger partial charge in [-0.1, -0.05) is 0 Å². The molecule has 0 atom stereocenters. The van der Waals surface area contributed by atoms with Crippen LogP contribution in [0.4, 0.5) is 0 Å². The van der Waals surface area contributed by atoms with Crippen molar-refractivity contribution in [3.63, 3.8) is 0 Å². The Kier molecular flexibility index (Phi) is 4.55. The zero-order chi connectivity index (χ0) is 13.9. The average Bonchev–Trinajstić information content (AvgIpc) is 2.36. The van der Waals surface area contributed by atoms with Gasteiger partial charge in [0.25, 0.3) is 5.78 Å². The van der Waals surface area contributed by atoms with E-state index in [2.05, 4.69) is 15.9 Å². The van der Waals surface area contributed by atoms with Crippen LogP contribution in [-0.4, -0.2) is 38.2 Å². The van der Waals surface area contributed by atoms with Crippen molar-refractivity contribution in [2.45, 2.75) is 0 Å². The van der Waals surface area contributed by atoms with E-state index < -0.39 is 11.8 Å². The number of carboxylic acids is 1. The number of Topliss-reactive ketones (excluding diaryl/α,β-unsaturated/α-hetero) is 1. The van der Waals surface area contributed by atoms with Crippen LogP contribution in [0.15, 0.2) is 10.5 Å². The number of methoxy groups -OCH3 is 3. The Morgan fingerprint density at radius 2 is 1.67 bits per heavy atom. The summed E-state index contributed by atoms with van der Waals surface area (Å²) in [5, 5.41) is 8.77. The van der Waals surface area contributed by atoms with Crippen molar-refractivity contribution in [1.29, 1.82) is 0 Å². The fourth-order valence-electron chi connectivity index (χ4n) is 1.41. The average molecular weight is 319 g/mol. The molecule has 1 N–H and O–H groups in total. The maximum Gasteiger partial charge on any atom is 0.377 e.